The highest BCUT2D eigenvalue weighted by Crippen LogP contribution is 2.33. The van der Waals surface area contributed by atoms with Crippen molar-refractivity contribution in [3.63, 3.8) is 0 Å². The molecule has 2 rings (SSSR count). The first kappa shape index (κ1) is 22.7. The molecule has 12 heteroatoms. The number of hydrogen-bond donors (Lipinski definition) is 4. The first-order valence-corrected chi connectivity index (χ1v) is 9.46. The summed E-state index contributed by atoms with van der Waals surface area (Å²) in [5.74, 6) is -1.37. The fraction of sp³-hybridized carbons (Fsp3) is 0.706. The summed E-state index contributed by atoms with van der Waals surface area (Å²) in [7, 11) is 0. The van der Waals surface area contributed by atoms with Crippen molar-refractivity contribution < 1.29 is 29.4 Å². The second-order valence-corrected chi connectivity index (χ2v) is 6.95. The SMILES string of the molecule is CC1C(COC(=O)CCCCCCC(=O)NO)OC(n2cnc(N)nc2=O)C1O. The molecule has 2 heterocycles. The molecule has 1 fully saturated rings. The van der Waals surface area contributed by atoms with Crippen molar-refractivity contribution in [3.05, 3.63) is 16.8 Å². The number of anilines is 1. The monoisotopic (exact) mass is 413 g/mol. The molecule has 0 saturated carbocycles. The van der Waals surface area contributed by atoms with Crippen LogP contribution in [0.4, 0.5) is 5.95 Å². The van der Waals surface area contributed by atoms with E-state index in [1.165, 1.54) is 0 Å². The summed E-state index contributed by atoms with van der Waals surface area (Å²) in [6.45, 7) is 1.68. The van der Waals surface area contributed by atoms with E-state index in [4.69, 9.17) is 20.4 Å². The number of hydrogen-bond acceptors (Lipinski definition) is 10. The number of hydroxylamine groups is 1. The molecule has 4 unspecified atom stereocenters. The number of ether oxygens (including phenoxy) is 2. The summed E-state index contributed by atoms with van der Waals surface area (Å²) in [4.78, 5) is 41.9. The summed E-state index contributed by atoms with van der Waals surface area (Å²) >= 11 is 0. The molecule has 1 saturated heterocycles. The molecular weight excluding hydrogens is 386 g/mol. The molecule has 4 atom stereocenters. The summed E-state index contributed by atoms with van der Waals surface area (Å²) in [5.41, 5.74) is 6.24. The maximum atomic E-state index is 11.9. The van der Waals surface area contributed by atoms with Gasteiger partial charge < -0.3 is 20.3 Å². The van der Waals surface area contributed by atoms with Crippen LogP contribution in [0.1, 0.15) is 51.7 Å². The van der Waals surface area contributed by atoms with Gasteiger partial charge in [-0.25, -0.2) is 15.3 Å². The number of unbranched alkanes of at least 4 members (excludes halogenated alkanes) is 3. The predicted molar refractivity (Wildman–Crippen MR) is 98.4 cm³/mol. The van der Waals surface area contributed by atoms with E-state index in [1.54, 1.807) is 12.4 Å². The minimum absolute atomic E-state index is 0.0468. The Morgan fingerprint density at radius 2 is 2.00 bits per heavy atom. The first-order chi connectivity index (χ1) is 13.8. The molecule has 0 spiro atoms. The molecule has 5 N–H and O–H groups in total. The number of amides is 1. The fourth-order valence-electron chi connectivity index (χ4n) is 3.03. The normalized spacial score (nSPS) is 23.7. The van der Waals surface area contributed by atoms with Crippen molar-refractivity contribution in [2.75, 3.05) is 12.3 Å². The number of aliphatic hydroxyl groups excluding tert-OH is 1. The minimum Gasteiger partial charge on any atom is -0.463 e. The van der Waals surface area contributed by atoms with Crippen LogP contribution in [-0.4, -0.2) is 55.5 Å². The smallest absolute Gasteiger partial charge is 0.354 e. The second kappa shape index (κ2) is 10.8. The number of aliphatic hydroxyl groups is 1. The van der Waals surface area contributed by atoms with Crippen molar-refractivity contribution in [1.82, 2.24) is 20.0 Å². The van der Waals surface area contributed by atoms with Crippen LogP contribution in [0.3, 0.4) is 0 Å². The number of nitrogens with two attached hydrogens (primary N) is 1. The largest absolute Gasteiger partial charge is 0.463 e. The summed E-state index contributed by atoms with van der Waals surface area (Å²) in [6, 6.07) is 0. The number of carbonyl (C=O) groups is 2. The quantitative estimate of drug-likeness (QED) is 0.169. The summed E-state index contributed by atoms with van der Waals surface area (Å²) in [6.07, 6.45) is 1.81. The molecule has 1 aromatic heterocycles. The lowest BCUT2D eigenvalue weighted by molar-refractivity contribution is -0.149. The Kier molecular flexibility index (Phi) is 8.49. The van der Waals surface area contributed by atoms with Crippen molar-refractivity contribution in [2.24, 2.45) is 5.92 Å². The topological polar surface area (TPSA) is 179 Å². The lowest BCUT2D eigenvalue weighted by Gasteiger charge is -2.16. The third-order valence-electron chi connectivity index (χ3n) is 4.82. The number of carbonyl (C=O) groups excluding carboxylic acids is 2. The van der Waals surface area contributed by atoms with Gasteiger partial charge in [-0.3, -0.25) is 19.4 Å². The van der Waals surface area contributed by atoms with Crippen molar-refractivity contribution in [3.8, 4) is 0 Å². The van der Waals surface area contributed by atoms with E-state index >= 15 is 0 Å². The van der Waals surface area contributed by atoms with Gasteiger partial charge in [0, 0.05) is 18.8 Å². The maximum absolute atomic E-state index is 11.9. The number of nitrogen functional groups attached to an aromatic ring is 1. The van der Waals surface area contributed by atoms with Crippen molar-refractivity contribution >= 4 is 17.8 Å². The lowest BCUT2D eigenvalue weighted by atomic mass is 10.0. The van der Waals surface area contributed by atoms with Gasteiger partial charge in [-0.1, -0.05) is 19.8 Å². The molecule has 162 valence electrons. The Labute approximate surface area is 167 Å². The highest BCUT2D eigenvalue weighted by Gasteiger charge is 2.43. The number of rotatable bonds is 10. The van der Waals surface area contributed by atoms with E-state index in [-0.39, 0.29) is 37.3 Å². The number of aromatic nitrogens is 3. The van der Waals surface area contributed by atoms with Gasteiger partial charge in [0.05, 0.1) is 6.10 Å². The molecule has 1 aliphatic heterocycles. The van der Waals surface area contributed by atoms with Crippen LogP contribution >= 0.6 is 0 Å². The van der Waals surface area contributed by atoms with Crippen LogP contribution in [0.2, 0.25) is 0 Å². The molecule has 0 aromatic carbocycles. The van der Waals surface area contributed by atoms with Crippen LogP contribution in [0.25, 0.3) is 0 Å². The van der Waals surface area contributed by atoms with Gasteiger partial charge in [0.25, 0.3) is 0 Å². The Hall–Kier alpha value is -2.57. The third-order valence-corrected chi connectivity index (χ3v) is 4.82. The number of nitrogens with zero attached hydrogens (tertiary/aromatic N) is 3. The number of esters is 1. The highest BCUT2D eigenvalue weighted by molar-refractivity contribution is 5.74. The first-order valence-electron chi connectivity index (χ1n) is 9.46. The molecular formula is C17H27N5O7. The van der Waals surface area contributed by atoms with Crippen LogP contribution in [0.15, 0.2) is 11.1 Å². The summed E-state index contributed by atoms with van der Waals surface area (Å²) in [5, 5.41) is 18.8. The zero-order valence-electron chi connectivity index (χ0n) is 16.2. The molecule has 1 aromatic rings. The van der Waals surface area contributed by atoms with Gasteiger partial charge >= 0.3 is 11.7 Å². The molecule has 1 amide bonds. The van der Waals surface area contributed by atoms with Crippen LogP contribution < -0.4 is 16.9 Å². The van der Waals surface area contributed by atoms with Gasteiger partial charge in [0.2, 0.25) is 11.9 Å². The Morgan fingerprint density at radius 1 is 1.31 bits per heavy atom. The third kappa shape index (κ3) is 6.48. The minimum atomic E-state index is -1.00. The van der Waals surface area contributed by atoms with Crippen LogP contribution in [-0.2, 0) is 19.1 Å². The molecule has 12 nitrogen and oxygen atoms in total. The van der Waals surface area contributed by atoms with Crippen molar-refractivity contribution in [1.29, 1.82) is 0 Å². The second-order valence-electron chi connectivity index (χ2n) is 6.95. The molecule has 0 bridgehead atoms. The average molecular weight is 413 g/mol. The Morgan fingerprint density at radius 3 is 2.66 bits per heavy atom. The van der Waals surface area contributed by atoms with E-state index in [0.717, 1.165) is 23.7 Å². The molecule has 29 heavy (non-hydrogen) atoms. The fourth-order valence-corrected chi connectivity index (χ4v) is 3.03. The van der Waals surface area contributed by atoms with Gasteiger partial charge in [-0.05, 0) is 12.8 Å². The van der Waals surface area contributed by atoms with Crippen LogP contribution in [0, 0.1) is 5.92 Å². The highest BCUT2D eigenvalue weighted by atomic mass is 16.6. The van der Waals surface area contributed by atoms with Crippen molar-refractivity contribution in [2.45, 2.75) is 63.9 Å². The van der Waals surface area contributed by atoms with Crippen LogP contribution in [0.5, 0.6) is 0 Å². The van der Waals surface area contributed by atoms with E-state index in [9.17, 15) is 19.5 Å². The maximum Gasteiger partial charge on any atom is 0.354 e. The zero-order valence-corrected chi connectivity index (χ0v) is 16.2. The molecule has 0 aliphatic carbocycles. The average Bonchev–Trinajstić information content (AvgIpc) is 2.97. The van der Waals surface area contributed by atoms with Gasteiger partial charge in [-0.15, -0.1) is 0 Å². The van der Waals surface area contributed by atoms with E-state index < -0.39 is 30.0 Å². The van der Waals surface area contributed by atoms with Gasteiger partial charge in [-0.2, -0.15) is 4.98 Å². The zero-order chi connectivity index (χ0) is 21.4. The van der Waals surface area contributed by atoms with E-state index in [2.05, 4.69) is 9.97 Å². The lowest BCUT2D eigenvalue weighted by Crippen LogP contribution is -2.33. The summed E-state index contributed by atoms with van der Waals surface area (Å²) < 4.78 is 12.0. The standard InChI is InChI=1S/C17H27N5O7/c1-10-11(8-28-13(24)7-5-3-2-4-6-12(23)21-27)29-15(14(10)25)22-9-19-16(18)20-17(22)26/h9-11,14-15,25,27H,2-8H2,1H3,(H,21,23)(H2,18,20,26). The molecule has 1 aliphatic rings. The van der Waals surface area contributed by atoms with Gasteiger partial charge in [0.1, 0.15) is 19.0 Å². The number of nitrogens with one attached hydrogen (secondary N) is 1. The van der Waals surface area contributed by atoms with Gasteiger partial charge in [0.15, 0.2) is 6.23 Å². The molecule has 0 radical (unpaired) electrons. The van der Waals surface area contributed by atoms with E-state index in [1.807, 2.05) is 0 Å². The predicted octanol–water partition coefficient (Wildman–Crippen LogP) is -0.496. The Balaban J connectivity index is 1.73. The van der Waals surface area contributed by atoms with E-state index in [0.29, 0.717) is 12.8 Å². The Bertz CT molecular complexity index is 756.